The number of carbonyl (C=O) groups excluding carboxylic acids is 1. The lowest BCUT2D eigenvalue weighted by atomic mass is 9.83. The van der Waals surface area contributed by atoms with Gasteiger partial charge in [0.25, 0.3) is 0 Å². The minimum absolute atomic E-state index is 0.0471. The highest BCUT2D eigenvalue weighted by atomic mass is 16.5. The SMILES string of the molecule is CC(=O)Oc1cccc2c1CCC(Cn1cc(C(c3ccccc3)n3ccnc3)cn1)C2. The van der Waals surface area contributed by atoms with Crippen LogP contribution in [0.3, 0.4) is 0 Å². The van der Waals surface area contributed by atoms with Gasteiger partial charge in [0.1, 0.15) is 5.75 Å². The molecule has 0 saturated carbocycles. The fraction of sp³-hybridized carbons (Fsp3) is 0.269. The summed E-state index contributed by atoms with van der Waals surface area (Å²) in [6, 6.07) is 16.5. The standard InChI is InChI=1S/C26H26N4O2/c1-19(31)32-25-9-5-8-22-14-20(10-11-24(22)25)16-30-17-23(15-28-30)26(29-13-12-27-18-29)21-6-3-2-4-7-21/h2-9,12-13,15,17-18,20,26H,10-11,14,16H2,1H3. The summed E-state index contributed by atoms with van der Waals surface area (Å²) in [6.45, 7) is 2.31. The lowest BCUT2D eigenvalue weighted by molar-refractivity contribution is -0.131. The molecule has 0 N–H and O–H groups in total. The molecule has 6 nitrogen and oxygen atoms in total. The molecule has 32 heavy (non-hydrogen) atoms. The minimum atomic E-state index is -0.268. The number of carbonyl (C=O) groups is 1. The van der Waals surface area contributed by atoms with E-state index in [1.54, 1.807) is 0 Å². The summed E-state index contributed by atoms with van der Waals surface area (Å²) < 4.78 is 9.59. The molecular formula is C26H26N4O2. The van der Waals surface area contributed by atoms with Crippen LogP contribution in [0.4, 0.5) is 0 Å². The molecule has 2 atom stereocenters. The van der Waals surface area contributed by atoms with Gasteiger partial charge in [-0.05, 0) is 47.9 Å². The second kappa shape index (κ2) is 8.83. The third-order valence-electron chi connectivity index (χ3n) is 6.15. The molecule has 0 saturated heterocycles. The van der Waals surface area contributed by atoms with Crippen LogP contribution in [0.1, 0.15) is 41.6 Å². The van der Waals surface area contributed by atoms with Crippen LogP contribution in [0.15, 0.2) is 79.6 Å². The van der Waals surface area contributed by atoms with Crippen molar-refractivity contribution >= 4 is 5.97 Å². The van der Waals surface area contributed by atoms with E-state index in [-0.39, 0.29) is 12.0 Å². The van der Waals surface area contributed by atoms with E-state index in [2.05, 4.69) is 50.8 Å². The summed E-state index contributed by atoms with van der Waals surface area (Å²) in [5, 5.41) is 4.69. The Bertz CT molecular complexity index is 1200. The van der Waals surface area contributed by atoms with Crippen LogP contribution < -0.4 is 4.74 Å². The highest BCUT2D eigenvalue weighted by molar-refractivity contribution is 5.70. The first-order valence-corrected chi connectivity index (χ1v) is 11.0. The number of esters is 1. The zero-order chi connectivity index (χ0) is 21.9. The molecule has 2 heterocycles. The van der Waals surface area contributed by atoms with E-state index in [4.69, 9.17) is 9.84 Å². The van der Waals surface area contributed by atoms with E-state index < -0.39 is 0 Å². The first-order chi connectivity index (χ1) is 15.7. The Morgan fingerprint density at radius 3 is 2.81 bits per heavy atom. The highest BCUT2D eigenvalue weighted by Crippen LogP contribution is 2.33. The van der Waals surface area contributed by atoms with E-state index in [0.29, 0.717) is 11.7 Å². The van der Waals surface area contributed by atoms with Crippen molar-refractivity contribution in [2.45, 2.75) is 38.8 Å². The number of aromatic nitrogens is 4. The summed E-state index contributed by atoms with van der Waals surface area (Å²) in [5.41, 5.74) is 4.79. The van der Waals surface area contributed by atoms with E-state index in [9.17, 15) is 4.79 Å². The van der Waals surface area contributed by atoms with Crippen molar-refractivity contribution in [1.82, 2.24) is 19.3 Å². The molecule has 0 aliphatic heterocycles. The fourth-order valence-electron chi connectivity index (χ4n) is 4.73. The summed E-state index contributed by atoms with van der Waals surface area (Å²) >= 11 is 0. The summed E-state index contributed by atoms with van der Waals surface area (Å²) in [7, 11) is 0. The van der Waals surface area contributed by atoms with Crippen molar-refractivity contribution in [2.24, 2.45) is 5.92 Å². The van der Waals surface area contributed by atoms with E-state index in [0.717, 1.165) is 31.4 Å². The Labute approximate surface area is 187 Å². The van der Waals surface area contributed by atoms with Crippen LogP contribution in [-0.2, 0) is 24.2 Å². The molecule has 5 rings (SSSR count). The van der Waals surface area contributed by atoms with Gasteiger partial charge >= 0.3 is 5.97 Å². The number of fused-ring (bicyclic) bond motifs is 1. The highest BCUT2D eigenvalue weighted by Gasteiger charge is 2.23. The van der Waals surface area contributed by atoms with Gasteiger partial charge < -0.3 is 9.30 Å². The van der Waals surface area contributed by atoms with Gasteiger partial charge in [0, 0.05) is 37.6 Å². The number of ether oxygens (including phenoxy) is 1. The predicted molar refractivity (Wildman–Crippen MR) is 121 cm³/mol. The van der Waals surface area contributed by atoms with Crippen molar-refractivity contribution in [3.8, 4) is 5.75 Å². The normalized spacial score (nSPS) is 16.3. The lowest BCUT2D eigenvalue weighted by Gasteiger charge is -2.26. The van der Waals surface area contributed by atoms with Gasteiger partial charge in [-0.15, -0.1) is 0 Å². The molecule has 0 fully saturated rings. The molecule has 0 amide bonds. The maximum Gasteiger partial charge on any atom is 0.308 e. The van der Waals surface area contributed by atoms with Crippen molar-refractivity contribution in [1.29, 1.82) is 0 Å². The molecule has 6 heteroatoms. The maximum atomic E-state index is 11.4. The fourth-order valence-corrected chi connectivity index (χ4v) is 4.73. The summed E-state index contributed by atoms with van der Waals surface area (Å²) in [5.74, 6) is 0.933. The average Bonchev–Trinajstić information content (AvgIpc) is 3.48. The maximum absolute atomic E-state index is 11.4. The number of nitrogens with zero attached hydrogens (tertiary/aromatic N) is 4. The molecule has 162 valence electrons. The van der Waals surface area contributed by atoms with Gasteiger partial charge in [-0.3, -0.25) is 9.48 Å². The largest absolute Gasteiger partial charge is 0.426 e. The first kappa shape index (κ1) is 20.2. The van der Waals surface area contributed by atoms with Gasteiger partial charge in [-0.25, -0.2) is 4.98 Å². The Morgan fingerprint density at radius 2 is 2.03 bits per heavy atom. The third kappa shape index (κ3) is 4.21. The van der Waals surface area contributed by atoms with Gasteiger partial charge in [0.05, 0.1) is 18.6 Å². The molecular weight excluding hydrogens is 400 g/mol. The Balaban J connectivity index is 1.34. The smallest absolute Gasteiger partial charge is 0.308 e. The van der Waals surface area contributed by atoms with E-state index in [1.807, 2.05) is 43.1 Å². The quantitative estimate of drug-likeness (QED) is 0.338. The molecule has 1 aliphatic carbocycles. The van der Waals surface area contributed by atoms with Crippen molar-refractivity contribution in [3.63, 3.8) is 0 Å². The van der Waals surface area contributed by atoms with E-state index >= 15 is 0 Å². The molecule has 2 aromatic heterocycles. The van der Waals surface area contributed by atoms with Crippen LogP contribution in [-0.4, -0.2) is 25.3 Å². The van der Waals surface area contributed by atoms with Crippen molar-refractivity contribution in [2.75, 3.05) is 0 Å². The second-order valence-electron chi connectivity index (χ2n) is 8.42. The van der Waals surface area contributed by atoms with Crippen LogP contribution in [0, 0.1) is 5.92 Å². The van der Waals surface area contributed by atoms with Crippen LogP contribution in [0.2, 0.25) is 0 Å². The van der Waals surface area contributed by atoms with Crippen LogP contribution >= 0.6 is 0 Å². The summed E-state index contributed by atoms with van der Waals surface area (Å²) in [6.07, 6.45) is 12.7. The second-order valence-corrected chi connectivity index (χ2v) is 8.42. The van der Waals surface area contributed by atoms with Gasteiger partial charge in [0.2, 0.25) is 0 Å². The minimum Gasteiger partial charge on any atom is -0.426 e. The van der Waals surface area contributed by atoms with Crippen LogP contribution in [0.25, 0.3) is 0 Å². The average molecular weight is 427 g/mol. The van der Waals surface area contributed by atoms with Crippen molar-refractivity contribution in [3.05, 3.63) is 102 Å². The van der Waals surface area contributed by atoms with Gasteiger partial charge in [-0.2, -0.15) is 5.10 Å². The predicted octanol–water partition coefficient (Wildman–Crippen LogP) is 4.45. The number of hydrogen-bond acceptors (Lipinski definition) is 4. The zero-order valence-electron chi connectivity index (χ0n) is 18.1. The summed E-state index contributed by atoms with van der Waals surface area (Å²) in [4.78, 5) is 15.7. The molecule has 0 spiro atoms. The number of benzene rings is 2. The Morgan fingerprint density at radius 1 is 1.16 bits per heavy atom. The number of hydrogen-bond donors (Lipinski definition) is 0. The molecule has 0 bridgehead atoms. The lowest BCUT2D eigenvalue weighted by Crippen LogP contribution is -2.20. The monoisotopic (exact) mass is 426 g/mol. The van der Waals surface area contributed by atoms with Gasteiger partial charge in [0.15, 0.2) is 0 Å². The molecule has 2 unspecified atom stereocenters. The third-order valence-corrected chi connectivity index (χ3v) is 6.15. The van der Waals surface area contributed by atoms with Crippen molar-refractivity contribution < 1.29 is 9.53 Å². The molecule has 1 aliphatic rings. The Kier molecular flexibility index (Phi) is 5.58. The molecule has 0 radical (unpaired) electrons. The van der Waals surface area contributed by atoms with Crippen LogP contribution in [0.5, 0.6) is 5.75 Å². The van der Waals surface area contributed by atoms with Gasteiger partial charge in [-0.1, -0.05) is 42.5 Å². The molecule has 2 aromatic carbocycles. The zero-order valence-corrected chi connectivity index (χ0v) is 18.1. The first-order valence-electron chi connectivity index (χ1n) is 11.0. The number of imidazole rings is 1. The Hall–Kier alpha value is -3.67. The number of rotatable bonds is 6. The topological polar surface area (TPSA) is 61.9 Å². The van der Waals surface area contributed by atoms with E-state index in [1.165, 1.54) is 23.6 Å². The molecule has 4 aromatic rings.